The summed E-state index contributed by atoms with van der Waals surface area (Å²) in [5.41, 5.74) is 0.961. The molecule has 1 saturated heterocycles. The van der Waals surface area contributed by atoms with Crippen molar-refractivity contribution in [2.45, 2.75) is 31.9 Å². The quantitative estimate of drug-likeness (QED) is 0.800. The molecule has 0 spiro atoms. The number of nitrogens with one attached hydrogen (secondary N) is 2. The zero-order chi connectivity index (χ0) is 15.1. The van der Waals surface area contributed by atoms with Gasteiger partial charge in [0.1, 0.15) is 6.61 Å². The molecule has 0 saturated carbocycles. The van der Waals surface area contributed by atoms with Crippen LogP contribution in [-0.4, -0.2) is 54.6 Å². The van der Waals surface area contributed by atoms with Gasteiger partial charge in [-0.3, -0.25) is 9.69 Å². The molecule has 1 aliphatic heterocycles. The summed E-state index contributed by atoms with van der Waals surface area (Å²) < 4.78 is 29.2. The number of piperidine rings is 1. The SMILES string of the molecule is O=C(CN1CCC(OCC(F)F)CC1)NCc1ccc[nH]1. The Labute approximate surface area is 122 Å². The van der Waals surface area contributed by atoms with Crippen molar-refractivity contribution in [3.05, 3.63) is 24.0 Å². The van der Waals surface area contributed by atoms with Gasteiger partial charge in [0.05, 0.1) is 19.2 Å². The van der Waals surface area contributed by atoms with Gasteiger partial charge in [0.2, 0.25) is 5.91 Å². The first-order valence-corrected chi connectivity index (χ1v) is 7.14. The molecule has 7 heteroatoms. The van der Waals surface area contributed by atoms with E-state index in [1.54, 1.807) is 0 Å². The molecule has 0 bridgehead atoms. The number of hydrogen-bond donors (Lipinski definition) is 2. The average Bonchev–Trinajstić information content (AvgIpc) is 2.98. The molecule has 0 aliphatic carbocycles. The van der Waals surface area contributed by atoms with Crippen molar-refractivity contribution in [2.24, 2.45) is 0 Å². The first-order valence-electron chi connectivity index (χ1n) is 7.14. The molecule has 1 amide bonds. The Balaban J connectivity index is 1.60. The number of aromatic amines is 1. The average molecular weight is 301 g/mol. The summed E-state index contributed by atoms with van der Waals surface area (Å²) >= 11 is 0. The van der Waals surface area contributed by atoms with Crippen LogP contribution in [0.3, 0.4) is 0 Å². The number of rotatable bonds is 7. The minimum Gasteiger partial charge on any atom is -0.372 e. The topological polar surface area (TPSA) is 57.4 Å². The highest BCUT2D eigenvalue weighted by atomic mass is 19.3. The number of H-pyrrole nitrogens is 1. The van der Waals surface area contributed by atoms with Gasteiger partial charge in [-0.1, -0.05) is 0 Å². The maximum atomic E-state index is 12.0. The van der Waals surface area contributed by atoms with E-state index in [1.165, 1.54) is 0 Å². The van der Waals surface area contributed by atoms with Gasteiger partial charge in [0.25, 0.3) is 6.43 Å². The number of likely N-dealkylation sites (tertiary alicyclic amines) is 1. The van der Waals surface area contributed by atoms with E-state index in [0.717, 1.165) is 5.69 Å². The fourth-order valence-corrected chi connectivity index (χ4v) is 2.37. The van der Waals surface area contributed by atoms with Crippen molar-refractivity contribution in [3.63, 3.8) is 0 Å². The van der Waals surface area contributed by atoms with Gasteiger partial charge in [0, 0.05) is 25.0 Å². The molecule has 5 nitrogen and oxygen atoms in total. The van der Waals surface area contributed by atoms with E-state index in [9.17, 15) is 13.6 Å². The number of carbonyl (C=O) groups excluding carboxylic acids is 1. The number of amides is 1. The lowest BCUT2D eigenvalue weighted by Gasteiger charge is -2.31. The van der Waals surface area contributed by atoms with Crippen LogP contribution in [-0.2, 0) is 16.1 Å². The number of aromatic nitrogens is 1. The van der Waals surface area contributed by atoms with Crippen molar-refractivity contribution in [3.8, 4) is 0 Å². The Morgan fingerprint density at radius 2 is 2.24 bits per heavy atom. The summed E-state index contributed by atoms with van der Waals surface area (Å²) in [7, 11) is 0. The Bertz CT molecular complexity index is 418. The summed E-state index contributed by atoms with van der Waals surface area (Å²) in [4.78, 5) is 16.8. The highest BCUT2D eigenvalue weighted by Crippen LogP contribution is 2.14. The molecule has 1 aliphatic rings. The Morgan fingerprint density at radius 3 is 2.86 bits per heavy atom. The van der Waals surface area contributed by atoms with Crippen LogP contribution in [0.2, 0.25) is 0 Å². The summed E-state index contributed by atoms with van der Waals surface area (Å²) in [5, 5.41) is 2.84. The highest BCUT2D eigenvalue weighted by Gasteiger charge is 2.22. The van der Waals surface area contributed by atoms with E-state index in [2.05, 4.69) is 10.3 Å². The maximum Gasteiger partial charge on any atom is 0.261 e. The molecule has 2 N–H and O–H groups in total. The second-order valence-corrected chi connectivity index (χ2v) is 5.17. The summed E-state index contributed by atoms with van der Waals surface area (Å²) in [6, 6.07) is 3.79. The van der Waals surface area contributed by atoms with Crippen LogP contribution in [0.5, 0.6) is 0 Å². The van der Waals surface area contributed by atoms with Crippen molar-refractivity contribution in [1.29, 1.82) is 0 Å². The fourth-order valence-electron chi connectivity index (χ4n) is 2.37. The normalized spacial score (nSPS) is 17.3. The van der Waals surface area contributed by atoms with Gasteiger partial charge in [-0.25, -0.2) is 8.78 Å². The third kappa shape index (κ3) is 5.81. The molecule has 2 heterocycles. The van der Waals surface area contributed by atoms with Gasteiger partial charge in [-0.15, -0.1) is 0 Å². The molecule has 0 aromatic carbocycles. The van der Waals surface area contributed by atoms with E-state index >= 15 is 0 Å². The Morgan fingerprint density at radius 1 is 1.48 bits per heavy atom. The molecule has 21 heavy (non-hydrogen) atoms. The summed E-state index contributed by atoms with van der Waals surface area (Å²) in [5.74, 6) is -0.0310. The monoisotopic (exact) mass is 301 g/mol. The van der Waals surface area contributed by atoms with E-state index in [-0.39, 0.29) is 12.0 Å². The number of nitrogens with zero attached hydrogens (tertiary/aromatic N) is 1. The number of halogens is 2. The van der Waals surface area contributed by atoms with Crippen molar-refractivity contribution in [1.82, 2.24) is 15.2 Å². The van der Waals surface area contributed by atoms with Crippen molar-refractivity contribution >= 4 is 5.91 Å². The van der Waals surface area contributed by atoms with Gasteiger partial charge >= 0.3 is 0 Å². The molecule has 1 fully saturated rings. The lowest BCUT2D eigenvalue weighted by atomic mass is 10.1. The van der Waals surface area contributed by atoms with E-state index in [0.29, 0.717) is 39.0 Å². The van der Waals surface area contributed by atoms with Crippen LogP contribution < -0.4 is 5.32 Å². The molecule has 0 unspecified atom stereocenters. The van der Waals surface area contributed by atoms with Crippen molar-refractivity contribution < 1.29 is 18.3 Å². The molecule has 0 atom stereocenters. The largest absolute Gasteiger partial charge is 0.372 e. The second kappa shape index (κ2) is 8.09. The lowest BCUT2D eigenvalue weighted by Crippen LogP contribution is -2.43. The minimum atomic E-state index is -2.42. The zero-order valence-corrected chi connectivity index (χ0v) is 11.9. The van der Waals surface area contributed by atoms with E-state index in [4.69, 9.17) is 4.74 Å². The zero-order valence-electron chi connectivity index (χ0n) is 11.9. The number of carbonyl (C=O) groups is 1. The molecule has 1 aromatic heterocycles. The fraction of sp³-hybridized carbons (Fsp3) is 0.643. The van der Waals surface area contributed by atoms with Crippen molar-refractivity contribution in [2.75, 3.05) is 26.2 Å². The number of ether oxygens (including phenoxy) is 1. The Kier molecular flexibility index (Phi) is 6.13. The predicted octanol–water partition coefficient (Wildman–Crippen LogP) is 1.38. The second-order valence-electron chi connectivity index (χ2n) is 5.17. The molecule has 0 radical (unpaired) electrons. The van der Waals surface area contributed by atoms with Gasteiger partial charge in [0.15, 0.2) is 0 Å². The first kappa shape index (κ1) is 15.9. The highest BCUT2D eigenvalue weighted by molar-refractivity contribution is 5.77. The smallest absolute Gasteiger partial charge is 0.261 e. The van der Waals surface area contributed by atoms with E-state index < -0.39 is 13.0 Å². The standard InChI is InChI=1S/C14H21F2N3O2/c15-13(16)10-21-12-3-6-19(7-4-12)9-14(20)18-8-11-2-1-5-17-11/h1-2,5,12-13,17H,3-4,6-10H2,(H,18,20). The summed E-state index contributed by atoms with van der Waals surface area (Å²) in [6.45, 7) is 1.72. The van der Waals surface area contributed by atoms with Crippen LogP contribution in [0, 0.1) is 0 Å². The number of alkyl halides is 2. The molecule has 2 rings (SSSR count). The third-order valence-corrected chi connectivity index (χ3v) is 3.50. The number of hydrogen-bond acceptors (Lipinski definition) is 3. The first-order chi connectivity index (χ1) is 10.1. The van der Waals surface area contributed by atoms with Gasteiger partial charge < -0.3 is 15.0 Å². The Hall–Kier alpha value is -1.47. The molecular formula is C14H21F2N3O2. The van der Waals surface area contributed by atoms with Crippen LogP contribution in [0.25, 0.3) is 0 Å². The van der Waals surface area contributed by atoms with Crippen LogP contribution in [0.15, 0.2) is 18.3 Å². The van der Waals surface area contributed by atoms with Gasteiger partial charge in [-0.05, 0) is 25.0 Å². The lowest BCUT2D eigenvalue weighted by molar-refractivity contribution is -0.123. The molecule has 1 aromatic rings. The summed E-state index contributed by atoms with van der Waals surface area (Å²) in [6.07, 6.45) is 0.665. The molecule has 118 valence electrons. The third-order valence-electron chi connectivity index (χ3n) is 3.50. The molecular weight excluding hydrogens is 280 g/mol. The van der Waals surface area contributed by atoms with Crippen LogP contribution >= 0.6 is 0 Å². The van der Waals surface area contributed by atoms with Gasteiger partial charge in [-0.2, -0.15) is 0 Å². The maximum absolute atomic E-state index is 12.0. The minimum absolute atomic E-state index is 0.0310. The van der Waals surface area contributed by atoms with Crippen LogP contribution in [0.4, 0.5) is 8.78 Å². The van der Waals surface area contributed by atoms with Crippen LogP contribution in [0.1, 0.15) is 18.5 Å². The predicted molar refractivity (Wildman–Crippen MR) is 74.1 cm³/mol. The van der Waals surface area contributed by atoms with E-state index in [1.807, 2.05) is 23.2 Å².